The molecular weight excluding hydrogens is 322 g/mol. The number of carbonyl (C=O) groups is 2. The number of rotatable bonds is 6. The highest BCUT2D eigenvalue weighted by molar-refractivity contribution is 5.95. The van der Waals surface area contributed by atoms with E-state index in [1.165, 1.54) is 12.3 Å². The smallest absolute Gasteiger partial charge is 0.287 e. The number of carbonyl (C=O) groups excluding carboxylic acids is 2. The highest BCUT2D eigenvalue weighted by Crippen LogP contribution is 2.10. The summed E-state index contributed by atoms with van der Waals surface area (Å²) in [7, 11) is 0. The lowest BCUT2D eigenvalue weighted by Gasteiger charge is -2.14. The summed E-state index contributed by atoms with van der Waals surface area (Å²) in [6, 6.07) is 7.88. The highest BCUT2D eigenvalue weighted by Gasteiger charge is 2.18. The maximum absolute atomic E-state index is 12.2. The second kappa shape index (κ2) is 7.43. The quantitative estimate of drug-likeness (QED) is 0.705. The number of aromatic nitrogens is 3. The number of pyridine rings is 1. The molecule has 8 heteroatoms. The van der Waals surface area contributed by atoms with Crippen molar-refractivity contribution in [3.8, 4) is 5.82 Å². The van der Waals surface area contributed by atoms with E-state index in [0.717, 1.165) is 5.56 Å². The maximum Gasteiger partial charge on any atom is 0.287 e. The van der Waals surface area contributed by atoms with Crippen LogP contribution in [0, 0.1) is 0 Å². The monoisotopic (exact) mass is 339 g/mol. The topological polar surface area (TPSA) is 102 Å². The molecule has 0 aliphatic heterocycles. The van der Waals surface area contributed by atoms with Crippen LogP contribution in [0.1, 0.15) is 23.0 Å². The van der Waals surface area contributed by atoms with Gasteiger partial charge in [-0.2, -0.15) is 5.10 Å². The number of hydrogen-bond donors (Lipinski definition) is 2. The Labute approximate surface area is 143 Å². The molecule has 0 bridgehead atoms. The first-order valence-electron chi connectivity index (χ1n) is 7.71. The average molecular weight is 339 g/mol. The predicted molar refractivity (Wildman–Crippen MR) is 88.8 cm³/mol. The molecule has 0 fully saturated rings. The molecule has 3 aromatic heterocycles. The van der Waals surface area contributed by atoms with Gasteiger partial charge in [0.25, 0.3) is 5.91 Å². The van der Waals surface area contributed by atoms with Crippen LogP contribution in [-0.2, 0) is 11.3 Å². The van der Waals surface area contributed by atoms with Crippen LogP contribution in [0.4, 0.5) is 0 Å². The molecule has 3 heterocycles. The summed E-state index contributed by atoms with van der Waals surface area (Å²) in [5.74, 6) is 0.0504. The van der Waals surface area contributed by atoms with Crippen LogP contribution in [0.15, 0.2) is 59.6 Å². The Hall–Kier alpha value is -3.42. The van der Waals surface area contributed by atoms with E-state index >= 15 is 0 Å². The molecule has 0 aliphatic rings. The van der Waals surface area contributed by atoms with Gasteiger partial charge in [-0.15, -0.1) is 0 Å². The molecular formula is C17H17N5O3. The van der Waals surface area contributed by atoms with Crippen molar-refractivity contribution in [2.24, 2.45) is 0 Å². The Morgan fingerprint density at radius 1 is 1.24 bits per heavy atom. The zero-order chi connectivity index (χ0) is 17.6. The van der Waals surface area contributed by atoms with Gasteiger partial charge in [-0.25, -0.2) is 9.67 Å². The van der Waals surface area contributed by atoms with Gasteiger partial charge in [0.1, 0.15) is 6.04 Å². The zero-order valence-corrected chi connectivity index (χ0v) is 13.5. The fraction of sp³-hybridized carbons (Fsp3) is 0.176. The molecule has 8 nitrogen and oxygen atoms in total. The summed E-state index contributed by atoms with van der Waals surface area (Å²) in [6.45, 7) is 1.87. The lowest BCUT2D eigenvalue weighted by Crippen LogP contribution is -2.44. The third-order valence-corrected chi connectivity index (χ3v) is 3.53. The van der Waals surface area contributed by atoms with Gasteiger partial charge in [-0.05, 0) is 31.2 Å². The van der Waals surface area contributed by atoms with Crippen molar-refractivity contribution in [1.82, 2.24) is 25.4 Å². The third-order valence-electron chi connectivity index (χ3n) is 3.53. The van der Waals surface area contributed by atoms with Gasteiger partial charge in [-0.3, -0.25) is 9.59 Å². The van der Waals surface area contributed by atoms with E-state index in [4.69, 9.17) is 4.42 Å². The zero-order valence-electron chi connectivity index (χ0n) is 13.5. The van der Waals surface area contributed by atoms with Crippen molar-refractivity contribution < 1.29 is 14.0 Å². The molecule has 1 unspecified atom stereocenters. The minimum atomic E-state index is -0.706. The van der Waals surface area contributed by atoms with Crippen LogP contribution in [0.3, 0.4) is 0 Å². The van der Waals surface area contributed by atoms with Gasteiger partial charge in [-0.1, -0.05) is 6.07 Å². The Kier molecular flexibility index (Phi) is 4.89. The van der Waals surface area contributed by atoms with Crippen LogP contribution in [0.2, 0.25) is 0 Å². The number of amides is 2. The van der Waals surface area contributed by atoms with Crippen molar-refractivity contribution in [2.45, 2.75) is 19.5 Å². The molecule has 0 spiro atoms. The van der Waals surface area contributed by atoms with E-state index in [2.05, 4.69) is 20.7 Å². The lowest BCUT2D eigenvalue weighted by atomic mass is 10.2. The first-order valence-corrected chi connectivity index (χ1v) is 7.71. The Bertz CT molecular complexity index is 843. The van der Waals surface area contributed by atoms with Gasteiger partial charge >= 0.3 is 0 Å². The summed E-state index contributed by atoms with van der Waals surface area (Å²) in [5, 5.41) is 9.52. The van der Waals surface area contributed by atoms with Crippen LogP contribution < -0.4 is 10.6 Å². The molecule has 3 aromatic rings. The standard InChI is InChI=1S/C17H17N5O3/c1-12(21-17(24)14-6-3-10-25-14)16(23)19-11-13-5-2-7-18-15(13)22-9-4-8-20-22/h2-10,12H,11H2,1H3,(H,19,23)(H,21,24). The van der Waals surface area contributed by atoms with E-state index in [9.17, 15) is 9.59 Å². The number of nitrogens with zero attached hydrogens (tertiary/aromatic N) is 3. The number of furan rings is 1. The molecule has 25 heavy (non-hydrogen) atoms. The molecule has 0 saturated heterocycles. The molecule has 0 aromatic carbocycles. The second-order valence-electron chi connectivity index (χ2n) is 5.33. The molecule has 3 rings (SSSR count). The van der Waals surface area contributed by atoms with Gasteiger partial charge in [0.05, 0.1) is 6.26 Å². The van der Waals surface area contributed by atoms with Gasteiger partial charge in [0, 0.05) is 30.7 Å². The summed E-state index contributed by atoms with van der Waals surface area (Å²) >= 11 is 0. The third kappa shape index (κ3) is 3.92. The molecule has 0 saturated carbocycles. The predicted octanol–water partition coefficient (Wildman–Crippen LogP) is 1.29. The van der Waals surface area contributed by atoms with E-state index in [1.807, 2.05) is 6.07 Å². The van der Waals surface area contributed by atoms with Crippen LogP contribution in [-0.4, -0.2) is 32.6 Å². The average Bonchev–Trinajstić information content (AvgIpc) is 3.33. The van der Waals surface area contributed by atoms with E-state index in [-0.39, 0.29) is 18.2 Å². The Balaban J connectivity index is 1.60. The Morgan fingerprint density at radius 2 is 2.12 bits per heavy atom. The molecule has 1 atom stereocenters. The summed E-state index contributed by atoms with van der Waals surface area (Å²) < 4.78 is 6.63. The lowest BCUT2D eigenvalue weighted by molar-refractivity contribution is -0.122. The van der Waals surface area contributed by atoms with Gasteiger partial charge in [0.15, 0.2) is 11.6 Å². The van der Waals surface area contributed by atoms with Crippen LogP contribution >= 0.6 is 0 Å². The minimum absolute atomic E-state index is 0.160. The number of nitrogens with one attached hydrogen (secondary N) is 2. The van der Waals surface area contributed by atoms with Crippen molar-refractivity contribution in [2.75, 3.05) is 0 Å². The van der Waals surface area contributed by atoms with E-state index < -0.39 is 11.9 Å². The largest absolute Gasteiger partial charge is 0.459 e. The summed E-state index contributed by atoms with van der Waals surface area (Å²) in [4.78, 5) is 28.4. The fourth-order valence-electron chi connectivity index (χ4n) is 2.25. The summed E-state index contributed by atoms with van der Waals surface area (Å²) in [5.41, 5.74) is 0.809. The fourth-order valence-corrected chi connectivity index (χ4v) is 2.25. The van der Waals surface area contributed by atoms with Crippen molar-refractivity contribution >= 4 is 11.8 Å². The molecule has 128 valence electrons. The van der Waals surface area contributed by atoms with Gasteiger partial charge < -0.3 is 15.1 Å². The van der Waals surface area contributed by atoms with Crippen LogP contribution in [0.5, 0.6) is 0 Å². The molecule has 0 radical (unpaired) electrons. The van der Waals surface area contributed by atoms with Crippen molar-refractivity contribution in [3.05, 3.63) is 66.5 Å². The normalized spacial score (nSPS) is 11.7. The minimum Gasteiger partial charge on any atom is -0.459 e. The van der Waals surface area contributed by atoms with Crippen LogP contribution in [0.25, 0.3) is 5.82 Å². The first kappa shape index (κ1) is 16.4. The van der Waals surface area contributed by atoms with Crippen molar-refractivity contribution in [3.63, 3.8) is 0 Å². The SMILES string of the molecule is CC(NC(=O)c1ccco1)C(=O)NCc1cccnc1-n1cccn1. The second-order valence-corrected chi connectivity index (χ2v) is 5.33. The Morgan fingerprint density at radius 3 is 2.84 bits per heavy atom. The highest BCUT2D eigenvalue weighted by atomic mass is 16.3. The molecule has 0 aliphatic carbocycles. The summed E-state index contributed by atoms with van der Waals surface area (Å²) in [6.07, 6.45) is 6.50. The maximum atomic E-state index is 12.2. The van der Waals surface area contributed by atoms with E-state index in [0.29, 0.717) is 5.82 Å². The van der Waals surface area contributed by atoms with E-state index in [1.54, 1.807) is 48.4 Å². The van der Waals surface area contributed by atoms with Crippen molar-refractivity contribution in [1.29, 1.82) is 0 Å². The molecule has 2 amide bonds. The number of hydrogen-bond acceptors (Lipinski definition) is 5. The molecule has 2 N–H and O–H groups in total. The van der Waals surface area contributed by atoms with Gasteiger partial charge in [0.2, 0.25) is 5.91 Å². The first-order chi connectivity index (χ1) is 12.1.